The molecule has 0 rings (SSSR count). The van der Waals surface area contributed by atoms with Crippen molar-refractivity contribution < 1.29 is 9.90 Å². The lowest BCUT2D eigenvalue weighted by Crippen LogP contribution is -2.45. The summed E-state index contributed by atoms with van der Waals surface area (Å²) in [5.41, 5.74) is 4.62. The monoisotopic (exact) mass is 259 g/mol. The van der Waals surface area contributed by atoms with Crippen molar-refractivity contribution in [3.05, 3.63) is 0 Å². The number of carboxylic acids is 1. The van der Waals surface area contributed by atoms with E-state index in [4.69, 9.17) is 10.8 Å². The highest BCUT2D eigenvalue weighted by Crippen LogP contribution is 2.10. The molecule has 5 heteroatoms. The topological polar surface area (TPSA) is 69.8 Å². The van der Waals surface area contributed by atoms with Gasteiger partial charge in [-0.05, 0) is 53.4 Å². The summed E-state index contributed by atoms with van der Waals surface area (Å²) in [5.74, 6) is -0.919. The molecule has 0 aliphatic heterocycles. The van der Waals surface area contributed by atoms with E-state index in [2.05, 4.69) is 30.8 Å². The smallest absolute Gasteiger partial charge is 0.323 e. The van der Waals surface area contributed by atoms with E-state index in [0.29, 0.717) is 6.42 Å². The fraction of sp³-hybridized carbons (Fsp3) is 0.923. The summed E-state index contributed by atoms with van der Waals surface area (Å²) in [6.07, 6.45) is 2.46. The van der Waals surface area contributed by atoms with E-state index in [0.717, 1.165) is 39.0 Å². The molecule has 1 atom stereocenters. The van der Waals surface area contributed by atoms with E-state index in [1.807, 2.05) is 0 Å². The first-order valence-corrected chi connectivity index (χ1v) is 6.69. The Bertz CT molecular complexity index is 242. The molecule has 1 unspecified atom stereocenters. The molecule has 0 aromatic heterocycles. The van der Waals surface area contributed by atoms with Crippen LogP contribution < -0.4 is 5.73 Å². The second-order valence-electron chi connectivity index (χ2n) is 5.47. The molecular formula is C13H29N3O2. The van der Waals surface area contributed by atoms with E-state index < -0.39 is 11.5 Å². The highest BCUT2D eigenvalue weighted by molar-refractivity contribution is 5.77. The van der Waals surface area contributed by atoms with Crippen LogP contribution in [0, 0.1) is 0 Å². The Morgan fingerprint density at radius 2 is 1.83 bits per heavy atom. The minimum atomic E-state index is -1.10. The van der Waals surface area contributed by atoms with Crippen LogP contribution in [0.5, 0.6) is 0 Å². The van der Waals surface area contributed by atoms with Gasteiger partial charge in [0.1, 0.15) is 5.54 Å². The van der Waals surface area contributed by atoms with Gasteiger partial charge in [0.15, 0.2) is 0 Å². The molecule has 0 aliphatic carbocycles. The van der Waals surface area contributed by atoms with E-state index in [1.54, 1.807) is 6.92 Å². The summed E-state index contributed by atoms with van der Waals surface area (Å²) in [4.78, 5) is 15.4. The first-order chi connectivity index (χ1) is 8.29. The van der Waals surface area contributed by atoms with Crippen LogP contribution in [-0.4, -0.2) is 66.7 Å². The molecule has 0 amide bonds. The Hall–Kier alpha value is -0.650. The summed E-state index contributed by atoms with van der Waals surface area (Å²) >= 11 is 0. The maximum atomic E-state index is 10.9. The molecule has 0 saturated carbocycles. The number of nitrogens with two attached hydrogens (primary N) is 1. The lowest BCUT2D eigenvalue weighted by atomic mass is 9.97. The van der Waals surface area contributed by atoms with Gasteiger partial charge in [0, 0.05) is 13.1 Å². The zero-order valence-electron chi connectivity index (χ0n) is 12.3. The van der Waals surface area contributed by atoms with Gasteiger partial charge in [-0.15, -0.1) is 0 Å². The minimum Gasteiger partial charge on any atom is -0.480 e. The summed E-state index contributed by atoms with van der Waals surface area (Å²) in [5, 5.41) is 8.94. The number of aliphatic carboxylic acids is 1. The van der Waals surface area contributed by atoms with Crippen molar-refractivity contribution in [2.45, 2.75) is 38.6 Å². The van der Waals surface area contributed by atoms with Crippen LogP contribution in [0.25, 0.3) is 0 Å². The molecule has 5 nitrogen and oxygen atoms in total. The number of hydrogen-bond acceptors (Lipinski definition) is 4. The molecule has 0 saturated heterocycles. The fourth-order valence-corrected chi connectivity index (χ4v) is 1.77. The summed E-state index contributed by atoms with van der Waals surface area (Å²) < 4.78 is 0. The summed E-state index contributed by atoms with van der Waals surface area (Å²) in [7, 11) is 4.12. The molecule has 0 bridgehead atoms. The maximum Gasteiger partial charge on any atom is 0.323 e. The zero-order valence-corrected chi connectivity index (χ0v) is 12.3. The van der Waals surface area contributed by atoms with E-state index in [-0.39, 0.29) is 0 Å². The van der Waals surface area contributed by atoms with Crippen LogP contribution in [0.3, 0.4) is 0 Å². The zero-order chi connectivity index (χ0) is 14.2. The molecule has 0 heterocycles. The molecule has 108 valence electrons. The van der Waals surface area contributed by atoms with Crippen LogP contribution in [0.15, 0.2) is 0 Å². The van der Waals surface area contributed by atoms with Gasteiger partial charge in [-0.3, -0.25) is 4.79 Å². The second kappa shape index (κ2) is 8.45. The van der Waals surface area contributed by atoms with Crippen molar-refractivity contribution in [1.82, 2.24) is 9.80 Å². The Balaban J connectivity index is 4.00. The van der Waals surface area contributed by atoms with Crippen LogP contribution in [0.2, 0.25) is 0 Å². The molecule has 0 aliphatic rings. The summed E-state index contributed by atoms with van der Waals surface area (Å²) in [6, 6.07) is 0. The van der Waals surface area contributed by atoms with Gasteiger partial charge in [0.2, 0.25) is 0 Å². The Labute approximate surface area is 111 Å². The van der Waals surface area contributed by atoms with Gasteiger partial charge < -0.3 is 20.6 Å². The first kappa shape index (κ1) is 17.4. The molecule has 0 fully saturated rings. The molecule has 0 aromatic rings. The molecule has 0 radical (unpaired) electrons. The number of rotatable bonds is 10. The second-order valence-corrected chi connectivity index (χ2v) is 5.47. The van der Waals surface area contributed by atoms with Crippen molar-refractivity contribution in [3.63, 3.8) is 0 Å². The molecule has 0 spiro atoms. The van der Waals surface area contributed by atoms with Crippen LogP contribution in [0.4, 0.5) is 0 Å². The van der Waals surface area contributed by atoms with E-state index >= 15 is 0 Å². The minimum absolute atomic E-state index is 0.518. The predicted molar refractivity (Wildman–Crippen MR) is 74.7 cm³/mol. The number of hydrogen-bond donors (Lipinski definition) is 2. The van der Waals surface area contributed by atoms with Crippen molar-refractivity contribution >= 4 is 5.97 Å². The van der Waals surface area contributed by atoms with Crippen LogP contribution in [0.1, 0.15) is 33.1 Å². The van der Waals surface area contributed by atoms with Gasteiger partial charge in [-0.2, -0.15) is 0 Å². The summed E-state index contributed by atoms with van der Waals surface area (Å²) in [6.45, 7) is 7.77. The van der Waals surface area contributed by atoms with Gasteiger partial charge in [-0.25, -0.2) is 0 Å². The quantitative estimate of drug-likeness (QED) is 0.608. The number of carboxylic acid groups (broad SMARTS) is 1. The Kier molecular flexibility index (Phi) is 8.15. The van der Waals surface area contributed by atoms with Crippen molar-refractivity contribution in [3.8, 4) is 0 Å². The van der Waals surface area contributed by atoms with Crippen molar-refractivity contribution in [1.29, 1.82) is 0 Å². The van der Waals surface area contributed by atoms with E-state index in [1.165, 1.54) is 0 Å². The average molecular weight is 259 g/mol. The molecular weight excluding hydrogens is 230 g/mol. The third-order valence-electron chi connectivity index (χ3n) is 3.06. The van der Waals surface area contributed by atoms with Crippen molar-refractivity contribution in [2.24, 2.45) is 5.73 Å². The maximum absolute atomic E-state index is 10.9. The molecule has 0 aromatic carbocycles. The van der Waals surface area contributed by atoms with Crippen LogP contribution >= 0.6 is 0 Å². The predicted octanol–water partition coefficient (Wildman–Crippen LogP) is 0.842. The Morgan fingerprint density at radius 1 is 1.22 bits per heavy atom. The standard InChI is InChI=1S/C13H29N3O2/c1-5-8-16(11-10-15(3)4)9-6-7-13(2,14)12(17)18/h5-11,14H2,1-4H3,(H,17,18). The number of nitrogens with zero attached hydrogens (tertiary/aromatic N) is 2. The normalized spacial score (nSPS) is 15.1. The number of likely N-dealkylation sites (N-methyl/N-ethyl adjacent to an activating group) is 1. The highest BCUT2D eigenvalue weighted by atomic mass is 16.4. The molecule has 3 N–H and O–H groups in total. The highest BCUT2D eigenvalue weighted by Gasteiger charge is 2.27. The number of carbonyl (C=O) groups is 1. The third-order valence-corrected chi connectivity index (χ3v) is 3.06. The largest absolute Gasteiger partial charge is 0.480 e. The van der Waals surface area contributed by atoms with Gasteiger partial charge in [0.05, 0.1) is 0 Å². The average Bonchev–Trinajstić information content (AvgIpc) is 2.25. The van der Waals surface area contributed by atoms with Crippen LogP contribution in [-0.2, 0) is 4.79 Å². The lowest BCUT2D eigenvalue weighted by Gasteiger charge is -2.25. The van der Waals surface area contributed by atoms with Crippen molar-refractivity contribution in [2.75, 3.05) is 40.3 Å². The van der Waals surface area contributed by atoms with E-state index in [9.17, 15) is 4.79 Å². The lowest BCUT2D eigenvalue weighted by molar-refractivity contribution is -0.142. The first-order valence-electron chi connectivity index (χ1n) is 6.69. The van der Waals surface area contributed by atoms with Gasteiger partial charge in [0.25, 0.3) is 0 Å². The SMILES string of the molecule is CCCN(CCCC(C)(N)C(=O)O)CCN(C)C. The molecule has 18 heavy (non-hydrogen) atoms. The van der Waals surface area contributed by atoms with Gasteiger partial charge >= 0.3 is 5.97 Å². The third kappa shape index (κ3) is 7.63. The Morgan fingerprint density at radius 3 is 2.28 bits per heavy atom. The van der Waals surface area contributed by atoms with Gasteiger partial charge in [-0.1, -0.05) is 6.92 Å². The fourth-order valence-electron chi connectivity index (χ4n) is 1.77.